The topological polar surface area (TPSA) is 239 Å². The van der Waals surface area contributed by atoms with Gasteiger partial charge in [0.15, 0.2) is 0 Å². The molecule has 2 atom stereocenters. The minimum atomic E-state index is -1.36. The first-order valence-corrected chi connectivity index (χ1v) is 10.9. The van der Waals surface area contributed by atoms with Crippen LogP contribution in [-0.4, -0.2) is 111 Å². The summed E-state index contributed by atoms with van der Waals surface area (Å²) in [4.78, 5) is 78.8. The Hall–Kier alpha value is -3.79. The largest absolute Gasteiger partial charge is 0.480 e. The lowest BCUT2D eigenvalue weighted by atomic mass is 10.1. The van der Waals surface area contributed by atoms with Crippen LogP contribution in [0.1, 0.15) is 25.7 Å². The molecule has 36 heavy (non-hydrogen) atoms. The SMILES string of the molecule is CNC(=O)CNC(=O)COCCOCCNC(=O)CCC(NC(=O)CCC(NC=O)C(=O)O)C(=O)O. The van der Waals surface area contributed by atoms with Crippen molar-refractivity contribution in [3.63, 3.8) is 0 Å². The van der Waals surface area contributed by atoms with Crippen LogP contribution in [0.25, 0.3) is 0 Å². The molecule has 2 unspecified atom stereocenters. The molecule has 7 N–H and O–H groups in total. The van der Waals surface area contributed by atoms with Crippen molar-refractivity contribution in [2.45, 2.75) is 37.8 Å². The van der Waals surface area contributed by atoms with E-state index in [0.29, 0.717) is 0 Å². The monoisotopic (exact) mass is 519 g/mol. The molecule has 0 bridgehead atoms. The summed E-state index contributed by atoms with van der Waals surface area (Å²) in [6.45, 7) is 0.138. The number of carbonyl (C=O) groups is 7. The molecule has 16 nitrogen and oxygen atoms in total. The Morgan fingerprint density at radius 3 is 2.00 bits per heavy atom. The van der Waals surface area contributed by atoms with Crippen molar-refractivity contribution in [3.8, 4) is 0 Å². The van der Waals surface area contributed by atoms with Crippen LogP contribution in [0.2, 0.25) is 0 Å². The maximum Gasteiger partial charge on any atom is 0.326 e. The maximum atomic E-state index is 11.9. The predicted octanol–water partition coefficient (Wildman–Crippen LogP) is -3.67. The van der Waals surface area contributed by atoms with Crippen LogP contribution in [-0.2, 0) is 43.0 Å². The van der Waals surface area contributed by atoms with Crippen LogP contribution in [0.15, 0.2) is 0 Å². The Bertz CT molecular complexity index is 762. The molecule has 5 amide bonds. The standard InChI is InChI=1S/C20H33N5O11/c1-21-17(29)10-23-18(30)11-36-9-8-35-7-6-22-15(27)4-3-14(20(33)34)25-16(28)5-2-13(19(31)32)24-12-26/h12-14H,2-11H2,1H3,(H,21,29)(H,22,27)(H,23,30)(H,24,26)(H,25,28)(H,31,32)(H,33,34). The molecule has 0 aromatic rings. The first kappa shape index (κ1) is 32.2. The zero-order valence-electron chi connectivity index (χ0n) is 19.9. The molecule has 0 aliphatic heterocycles. The minimum Gasteiger partial charge on any atom is -0.480 e. The van der Waals surface area contributed by atoms with E-state index in [4.69, 9.17) is 14.6 Å². The Balaban J connectivity index is 4.00. The Kier molecular flexibility index (Phi) is 17.5. The molecule has 204 valence electrons. The average Bonchev–Trinajstić information content (AvgIpc) is 2.83. The van der Waals surface area contributed by atoms with E-state index in [0.717, 1.165) is 0 Å². The summed E-state index contributed by atoms with van der Waals surface area (Å²) in [5.41, 5.74) is 0. The third-order valence-corrected chi connectivity index (χ3v) is 4.42. The number of carboxylic acid groups (broad SMARTS) is 2. The number of aliphatic carboxylic acids is 2. The van der Waals surface area contributed by atoms with Crippen molar-refractivity contribution >= 4 is 42.0 Å². The third kappa shape index (κ3) is 16.8. The van der Waals surface area contributed by atoms with E-state index in [1.807, 2.05) is 5.32 Å². The van der Waals surface area contributed by atoms with Crippen LogP contribution >= 0.6 is 0 Å². The maximum absolute atomic E-state index is 11.9. The number of ether oxygens (including phenoxy) is 2. The van der Waals surface area contributed by atoms with Gasteiger partial charge >= 0.3 is 11.9 Å². The summed E-state index contributed by atoms with van der Waals surface area (Å²) in [6, 6.07) is -2.64. The van der Waals surface area contributed by atoms with Gasteiger partial charge in [0.1, 0.15) is 18.7 Å². The van der Waals surface area contributed by atoms with E-state index in [1.54, 1.807) is 0 Å². The molecule has 0 aromatic heterocycles. The molecule has 0 heterocycles. The lowest BCUT2D eigenvalue weighted by Crippen LogP contribution is -2.43. The fraction of sp³-hybridized carbons (Fsp3) is 0.650. The van der Waals surface area contributed by atoms with Gasteiger partial charge in [0.2, 0.25) is 30.0 Å². The van der Waals surface area contributed by atoms with Crippen LogP contribution in [0.3, 0.4) is 0 Å². The van der Waals surface area contributed by atoms with E-state index in [-0.39, 0.29) is 77.5 Å². The lowest BCUT2D eigenvalue weighted by Gasteiger charge is -2.16. The summed E-state index contributed by atoms with van der Waals surface area (Å²) in [5.74, 6) is -4.69. The normalized spacial score (nSPS) is 11.9. The van der Waals surface area contributed by atoms with Crippen LogP contribution < -0.4 is 26.6 Å². The number of amides is 5. The van der Waals surface area contributed by atoms with Crippen molar-refractivity contribution < 1.29 is 53.2 Å². The molecule has 0 saturated heterocycles. The third-order valence-electron chi connectivity index (χ3n) is 4.42. The van der Waals surface area contributed by atoms with Crippen molar-refractivity contribution in [2.24, 2.45) is 0 Å². The van der Waals surface area contributed by atoms with Crippen LogP contribution in [0.5, 0.6) is 0 Å². The van der Waals surface area contributed by atoms with E-state index < -0.39 is 41.7 Å². The fourth-order valence-corrected chi connectivity index (χ4v) is 2.49. The van der Waals surface area contributed by atoms with E-state index in [9.17, 15) is 38.7 Å². The van der Waals surface area contributed by atoms with Gasteiger partial charge in [-0.15, -0.1) is 0 Å². The van der Waals surface area contributed by atoms with Gasteiger partial charge in [-0.3, -0.25) is 24.0 Å². The predicted molar refractivity (Wildman–Crippen MR) is 120 cm³/mol. The highest BCUT2D eigenvalue weighted by Crippen LogP contribution is 2.02. The molecule has 0 radical (unpaired) electrons. The second-order valence-electron chi connectivity index (χ2n) is 7.18. The van der Waals surface area contributed by atoms with Gasteiger partial charge in [0, 0.05) is 26.4 Å². The van der Waals surface area contributed by atoms with Crippen molar-refractivity contribution in [1.29, 1.82) is 0 Å². The molecule has 0 saturated carbocycles. The Morgan fingerprint density at radius 1 is 0.778 bits per heavy atom. The van der Waals surface area contributed by atoms with Gasteiger partial charge in [-0.25, -0.2) is 9.59 Å². The summed E-state index contributed by atoms with van der Waals surface area (Å²) < 4.78 is 10.3. The highest BCUT2D eigenvalue weighted by Gasteiger charge is 2.23. The first-order chi connectivity index (χ1) is 17.1. The molecule has 0 rings (SSSR count). The van der Waals surface area contributed by atoms with Gasteiger partial charge in [-0.05, 0) is 12.8 Å². The Morgan fingerprint density at radius 2 is 1.39 bits per heavy atom. The number of nitrogens with one attached hydrogen (secondary N) is 5. The molecule has 0 aliphatic rings. The molecule has 0 spiro atoms. The van der Waals surface area contributed by atoms with E-state index in [2.05, 4.69) is 21.3 Å². The number of likely N-dealkylation sites (N-methyl/N-ethyl adjacent to an activating group) is 1. The molecule has 0 fully saturated rings. The second kappa shape index (κ2) is 19.5. The first-order valence-electron chi connectivity index (χ1n) is 10.9. The molecular weight excluding hydrogens is 486 g/mol. The van der Waals surface area contributed by atoms with Gasteiger partial charge in [-0.1, -0.05) is 0 Å². The zero-order valence-corrected chi connectivity index (χ0v) is 19.9. The number of rotatable bonds is 21. The molecular formula is C20H33N5O11. The summed E-state index contributed by atoms with van der Waals surface area (Å²) in [5, 5.41) is 29.6. The summed E-state index contributed by atoms with van der Waals surface area (Å²) >= 11 is 0. The molecule has 0 aromatic carbocycles. The lowest BCUT2D eigenvalue weighted by molar-refractivity contribution is -0.143. The van der Waals surface area contributed by atoms with Gasteiger partial charge in [0.25, 0.3) is 0 Å². The van der Waals surface area contributed by atoms with E-state index >= 15 is 0 Å². The van der Waals surface area contributed by atoms with Crippen LogP contribution in [0, 0.1) is 0 Å². The fourth-order valence-electron chi connectivity index (χ4n) is 2.49. The quantitative estimate of drug-likeness (QED) is 0.0575. The van der Waals surface area contributed by atoms with Crippen molar-refractivity contribution in [2.75, 3.05) is 46.6 Å². The number of hydrogen-bond acceptors (Lipinski definition) is 9. The summed E-state index contributed by atoms with van der Waals surface area (Å²) in [7, 11) is 1.44. The number of hydrogen-bond donors (Lipinski definition) is 7. The van der Waals surface area contributed by atoms with Crippen molar-refractivity contribution in [3.05, 3.63) is 0 Å². The minimum absolute atomic E-state index is 0.111. The van der Waals surface area contributed by atoms with Gasteiger partial charge < -0.3 is 46.3 Å². The van der Waals surface area contributed by atoms with Crippen LogP contribution in [0.4, 0.5) is 0 Å². The second-order valence-corrected chi connectivity index (χ2v) is 7.18. The molecule has 0 aliphatic carbocycles. The number of carboxylic acids is 2. The van der Waals surface area contributed by atoms with Crippen molar-refractivity contribution in [1.82, 2.24) is 26.6 Å². The Labute approximate surface area is 206 Å². The van der Waals surface area contributed by atoms with Gasteiger partial charge in [-0.2, -0.15) is 0 Å². The smallest absolute Gasteiger partial charge is 0.326 e. The van der Waals surface area contributed by atoms with Gasteiger partial charge in [0.05, 0.1) is 26.4 Å². The number of carbonyl (C=O) groups excluding carboxylic acids is 5. The highest BCUT2D eigenvalue weighted by atomic mass is 16.5. The summed E-state index contributed by atoms with van der Waals surface area (Å²) in [6.07, 6.45) is -0.777. The molecule has 16 heteroatoms. The highest BCUT2D eigenvalue weighted by molar-refractivity contribution is 5.85. The average molecular weight is 520 g/mol. The zero-order chi connectivity index (χ0) is 27.3. The van der Waals surface area contributed by atoms with E-state index in [1.165, 1.54) is 7.05 Å².